The molecule has 0 heterocycles. The Morgan fingerprint density at radius 1 is 1.46 bits per heavy atom. The first-order valence-corrected chi connectivity index (χ1v) is 4.29. The summed E-state index contributed by atoms with van der Waals surface area (Å²) in [5.74, 6) is -1.31. The molecule has 0 saturated heterocycles. The normalized spacial score (nSPS) is 12.2. The van der Waals surface area contributed by atoms with E-state index in [-0.39, 0.29) is 12.5 Å². The van der Waals surface area contributed by atoms with Gasteiger partial charge in [0.2, 0.25) is 5.91 Å². The van der Waals surface area contributed by atoms with E-state index < -0.39 is 12.0 Å². The van der Waals surface area contributed by atoms with Gasteiger partial charge in [0.1, 0.15) is 6.54 Å². The van der Waals surface area contributed by atoms with Crippen molar-refractivity contribution < 1.29 is 14.7 Å². The Labute approximate surface area is 77.5 Å². The summed E-state index contributed by atoms with van der Waals surface area (Å²) in [5, 5.41) is 8.48. The molecule has 0 bridgehead atoms. The fraction of sp³-hybridized carbons (Fsp3) is 0.750. The molecule has 1 atom stereocenters. The van der Waals surface area contributed by atoms with Crippen molar-refractivity contribution >= 4 is 11.9 Å². The van der Waals surface area contributed by atoms with E-state index in [0.717, 1.165) is 0 Å². The minimum absolute atomic E-state index is 0.275. The van der Waals surface area contributed by atoms with Crippen LogP contribution in [-0.4, -0.2) is 41.0 Å². The van der Waals surface area contributed by atoms with Crippen molar-refractivity contribution in [1.29, 1.82) is 0 Å². The molecule has 0 aliphatic carbocycles. The molecule has 5 heteroatoms. The Hall–Kier alpha value is -1.10. The number of nitrogens with two attached hydrogens (primary N) is 1. The average Bonchev–Trinajstić information content (AvgIpc) is 2.11. The lowest BCUT2D eigenvalue weighted by Gasteiger charge is -2.21. The molecule has 76 valence electrons. The molecule has 0 radical (unpaired) electrons. The highest BCUT2D eigenvalue weighted by molar-refractivity contribution is 5.85. The second-order valence-corrected chi connectivity index (χ2v) is 2.76. The first-order chi connectivity index (χ1) is 6.02. The molecule has 5 nitrogen and oxygen atoms in total. The highest BCUT2D eigenvalue weighted by Gasteiger charge is 2.19. The molecule has 0 aromatic carbocycles. The van der Waals surface area contributed by atoms with Crippen LogP contribution >= 0.6 is 0 Å². The quantitative estimate of drug-likeness (QED) is 0.618. The average molecular weight is 188 g/mol. The topological polar surface area (TPSA) is 83.6 Å². The lowest BCUT2D eigenvalue weighted by Crippen LogP contribution is -2.45. The van der Waals surface area contributed by atoms with E-state index in [0.29, 0.717) is 13.0 Å². The van der Waals surface area contributed by atoms with Crippen LogP contribution in [0.3, 0.4) is 0 Å². The van der Waals surface area contributed by atoms with Crippen LogP contribution in [0.2, 0.25) is 0 Å². The number of nitrogens with zero attached hydrogens (tertiary/aromatic N) is 1. The highest BCUT2D eigenvalue weighted by atomic mass is 16.4. The van der Waals surface area contributed by atoms with Crippen molar-refractivity contribution in [2.75, 3.05) is 13.1 Å². The van der Waals surface area contributed by atoms with E-state index in [1.807, 2.05) is 0 Å². The van der Waals surface area contributed by atoms with Gasteiger partial charge in [-0.25, -0.2) is 0 Å². The van der Waals surface area contributed by atoms with Gasteiger partial charge in [0.25, 0.3) is 0 Å². The third-order valence-corrected chi connectivity index (χ3v) is 1.78. The lowest BCUT2D eigenvalue weighted by molar-refractivity contribution is -0.144. The van der Waals surface area contributed by atoms with Crippen molar-refractivity contribution in [1.82, 2.24) is 4.90 Å². The molecule has 3 N–H and O–H groups in total. The van der Waals surface area contributed by atoms with Crippen LogP contribution in [0.25, 0.3) is 0 Å². The summed E-state index contributed by atoms with van der Waals surface area (Å²) in [5.41, 5.74) is 5.48. The summed E-state index contributed by atoms with van der Waals surface area (Å²) in [7, 11) is 0. The Bertz CT molecular complexity index is 194. The molecule has 0 saturated carbocycles. The smallest absolute Gasteiger partial charge is 0.323 e. The van der Waals surface area contributed by atoms with E-state index in [1.54, 1.807) is 13.8 Å². The molecule has 0 aliphatic heterocycles. The maximum absolute atomic E-state index is 11.4. The number of amides is 1. The molecule has 0 spiro atoms. The summed E-state index contributed by atoms with van der Waals surface area (Å²) in [6.45, 7) is 3.61. The van der Waals surface area contributed by atoms with Crippen LogP contribution < -0.4 is 5.73 Å². The molecule has 1 amide bonds. The van der Waals surface area contributed by atoms with Gasteiger partial charge in [0, 0.05) is 6.54 Å². The van der Waals surface area contributed by atoms with Crippen LogP contribution in [0.1, 0.15) is 20.3 Å². The van der Waals surface area contributed by atoms with Crippen LogP contribution in [-0.2, 0) is 9.59 Å². The maximum atomic E-state index is 11.4. The van der Waals surface area contributed by atoms with Crippen molar-refractivity contribution in [2.24, 2.45) is 5.73 Å². The van der Waals surface area contributed by atoms with Crippen molar-refractivity contribution in [3.05, 3.63) is 0 Å². The van der Waals surface area contributed by atoms with Gasteiger partial charge in [0.05, 0.1) is 6.04 Å². The number of aliphatic carboxylic acids is 1. The third kappa shape index (κ3) is 3.89. The van der Waals surface area contributed by atoms with Gasteiger partial charge >= 0.3 is 5.97 Å². The van der Waals surface area contributed by atoms with Gasteiger partial charge in [-0.15, -0.1) is 0 Å². The van der Waals surface area contributed by atoms with Gasteiger partial charge < -0.3 is 15.7 Å². The van der Waals surface area contributed by atoms with E-state index in [9.17, 15) is 9.59 Å². The summed E-state index contributed by atoms with van der Waals surface area (Å²) in [4.78, 5) is 23.0. The highest BCUT2D eigenvalue weighted by Crippen LogP contribution is 1.96. The Kier molecular flexibility index (Phi) is 5.06. The van der Waals surface area contributed by atoms with Crippen molar-refractivity contribution in [3.8, 4) is 0 Å². The monoisotopic (exact) mass is 188 g/mol. The molecule has 13 heavy (non-hydrogen) atoms. The number of likely N-dealkylation sites (N-methyl/N-ethyl adjacent to an activating group) is 1. The summed E-state index contributed by atoms with van der Waals surface area (Å²) in [6.07, 6.45) is 0.523. The minimum Gasteiger partial charge on any atom is -0.480 e. The number of carbonyl (C=O) groups is 2. The molecule has 0 aliphatic rings. The fourth-order valence-electron chi connectivity index (χ4n) is 0.918. The largest absolute Gasteiger partial charge is 0.480 e. The molecule has 0 aromatic rings. The number of hydrogen-bond acceptors (Lipinski definition) is 3. The number of carboxylic acids is 1. The number of carbonyl (C=O) groups excluding carboxylic acids is 1. The van der Waals surface area contributed by atoms with Crippen LogP contribution in [0.4, 0.5) is 0 Å². The summed E-state index contributed by atoms with van der Waals surface area (Å²) in [6, 6.07) is -0.584. The van der Waals surface area contributed by atoms with Crippen LogP contribution in [0.5, 0.6) is 0 Å². The fourth-order valence-corrected chi connectivity index (χ4v) is 0.918. The lowest BCUT2D eigenvalue weighted by atomic mass is 10.2. The van der Waals surface area contributed by atoms with Gasteiger partial charge in [-0.3, -0.25) is 9.59 Å². The molecule has 0 rings (SSSR count). The minimum atomic E-state index is -1.02. The van der Waals surface area contributed by atoms with Gasteiger partial charge in [-0.05, 0) is 13.3 Å². The Morgan fingerprint density at radius 3 is 2.31 bits per heavy atom. The third-order valence-electron chi connectivity index (χ3n) is 1.78. The Morgan fingerprint density at radius 2 is 2.00 bits per heavy atom. The van der Waals surface area contributed by atoms with Gasteiger partial charge in [-0.1, -0.05) is 6.92 Å². The van der Waals surface area contributed by atoms with E-state index in [4.69, 9.17) is 10.8 Å². The molecular formula is C8H16N2O3. The first-order valence-electron chi connectivity index (χ1n) is 4.29. The van der Waals surface area contributed by atoms with Gasteiger partial charge in [-0.2, -0.15) is 0 Å². The van der Waals surface area contributed by atoms with Gasteiger partial charge in [0.15, 0.2) is 0 Å². The zero-order valence-electron chi connectivity index (χ0n) is 7.99. The zero-order valence-corrected chi connectivity index (χ0v) is 7.99. The second kappa shape index (κ2) is 5.53. The predicted molar refractivity (Wildman–Crippen MR) is 48.2 cm³/mol. The number of hydrogen-bond donors (Lipinski definition) is 2. The summed E-state index contributed by atoms with van der Waals surface area (Å²) >= 11 is 0. The number of carboxylic acid groups (broad SMARTS) is 1. The van der Waals surface area contributed by atoms with E-state index in [1.165, 1.54) is 4.90 Å². The SMILES string of the molecule is CCC(N)C(=O)N(CC)CC(=O)O. The standard InChI is InChI=1S/C8H16N2O3/c1-3-6(9)8(13)10(4-2)5-7(11)12/h6H,3-5,9H2,1-2H3,(H,11,12). The Balaban J connectivity index is 4.22. The molecule has 0 aromatic heterocycles. The van der Waals surface area contributed by atoms with E-state index in [2.05, 4.69) is 0 Å². The maximum Gasteiger partial charge on any atom is 0.323 e. The van der Waals surface area contributed by atoms with Crippen LogP contribution in [0, 0.1) is 0 Å². The van der Waals surface area contributed by atoms with Crippen molar-refractivity contribution in [2.45, 2.75) is 26.3 Å². The predicted octanol–water partition coefficient (Wildman–Crippen LogP) is -0.343. The van der Waals surface area contributed by atoms with Crippen molar-refractivity contribution in [3.63, 3.8) is 0 Å². The van der Waals surface area contributed by atoms with Crippen LogP contribution in [0.15, 0.2) is 0 Å². The molecular weight excluding hydrogens is 172 g/mol. The molecule has 0 fully saturated rings. The zero-order chi connectivity index (χ0) is 10.4. The van der Waals surface area contributed by atoms with E-state index >= 15 is 0 Å². The number of rotatable bonds is 5. The summed E-state index contributed by atoms with van der Waals surface area (Å²) < 4.78 is 0. The molecule has 1 unspecified atom stereocenters. The first kappa shape index (κ1) is 11.9. The second-order valence-electron chi connectivity index (χ2n) is 2.76.